The quantitative estimate of drug-likeness (QED) is 0.349. The summed E-state index contributed by atoms with van der Waals surface area (Å²) in [5.41, 5.74) is 2.12. The topological polar surface area (TPSA) is 42.9 Å². The lowest BCUT2D eigenvalue weighted by Gasteiger charge is -2.35. The molecule has 0 radical (unpaired) electrons. The van der Waals surface area contributed by atoms with Crippen LogP contribution in [0.2, 0.25) is 18.1 Å². The van der Waals surface area contributed by atoms with Crippen LogP contribution in [0, 0.1) is 0 Å². The average molecular weight is 335 g/mol. The summed E-state index contributed by atoms with van der Waals surface area (Å²) < 4.78 is 10.8. The van der Waals surface area contributed by atoms with E-state index in [4.69, 9.17) is 9.47 Å². The van der Waals surface area contributed by atoms with E-state index in [1.54, 1.807) is 14.2 Å². The SMILES string of the molecule is C=CCc1cc(OC)c(OC)cc1/C=N/N[Si](C)(C)C(C)(C)C. The van der Waals surface area contributed by atoms with Crippen LogP contribution in [0.5, 0.6) is 11.5 Å². The van der Waals surface area contributed by atoms with Crippen LogP contribution in [-0.4, -0.2) is 28.7 Å². The third-order valence-corrected chi connectivity index (χ3v) is 8.87. The predicted octanol–water partition coefficient (Wildman–Crippen LogP) is 4.36. The Morgan fingerprint density at radius 3 is 2.22 bits per heavy atom. The van der Waals surface area contributed by atoms with Gasteiger partial charge < -0.3 is 14.6 Å². The van der Waals surface area contributed by atoms with Crippen LogP contribution >= 0.6 is 0 Å². The van der Waals surface area contributed by atoms with E-state index in [-0.39, 0.29) is 5.04 Å². The Morgan fingerprint density at radius 1 is 1.17 bits per heavy atom. The molecule has 0 heterocycles. The summed E-state index contributed by atoms with van der Waals surface area (Å²) in [4.78, 5) is 0. The Hall–Kier alpha value is -1.75. The normalized spacial score (nSPS) is 12.3. The summed E-state index contributed by atoms with van der Waals surface area (Å²) in [6, 6.07) is 3.93. The molecule has 23 heavy (non-hydrogen) atoms. The van der Waals surface area contributed by atoms with Gasteiger partial charge in [0.1, 0.15) is 0 Å². The number of benzene rings is 1. The van der Waals surface area contributed by atoms with E-state index in [1.165, 1.54) is 0 Å². The summed E-state index contributed by atoms with van der Waals surface area (Å²) in [7, 11) is 1.62. The molecule has 0 saturated heterocycles. The molecule has 1 aromatic carbocycles. The lowest BCUT2D eigenvalue weighted by Crippen LogP contribution is -2.49. The summed E-state index contributed by atoms with van der Waals surface area (Å²) in [5, 5.41) is 8.13. The standard InChI is InChI=1S/C18H30N2O2Si/c1-9-10-14-11-16(21-5)17(22-6)12-15(14)13-19-20-23(7,8)18(2,3)4/h9,11-13,20H,1,10H2,2-8H3/b19-13+. The Labute approximate surface area is 141 Å². The second-order valence-electron chi connectivity index (χ2n) is 7.14. The minimum Gasteiger partial charge on any atom is -0.493 e. The molecule has 0 bridgehead atoms. The van der Waals surface area contributed by atoms with Gasteiger partial charge in [-0.05, 0) is 42.2 Å². The molecule has 0 aliphatic rings. The molecule has 128 valence electrons. The summed E-state index contributed by atoms with van der Waals surface area (Å²) in [6.07, 6.45) is 4.49. The first-order valence-corrected chi connectivity index (χ1v) is 10.8. The molecule has 1 rings (SSSR count). The first-order chi connectivity index (χ1) is 10.7. The van der Waals surface area contributed by atoms with Crippen molar-refractivity contribution < 1.29 is 9.47 Å². The number of allylic oxidation sites excluding steroid dienone is 1. The molecule has 1 aromatic rings. The molecule has 0 aliphatic heterocycles. The Kier molecular flexibility index (Phi) is 6.44. The Balaban J connectivity index is 3.11. The summed E-state index contributed by atoms with van der Waals surface area (Å²) in [6.45, 7) is 15.1. The molecule has 0 saturated carbocycles. The monoisotopic (exact) mass is 334 g/mol. The number of methoxy groups -OCH3 is 2. The van der Waals surface area contributed by atoms with Gasteiger partial charge in [0.2, 0.25) is 0 Å². The van der Waals surface area contributed by atoms with E-state index in [2.05, 4.69) is 50.6 Å². The van der Waals surface area contributed by atoms with Crippen LogP contribution in [0.25, 0.3) is 0 Å². The highest BCUT2D eigenvalue weighted by atomic mass is 28.3. The minimum atomic E-state index is -1.66. The molecular weight excluding hydrogens is 304 g/mol. The first kappa shape index (κ1) is 19.3. The lowest BCUT2D eigenvalue weighted by atomic mass is 10.0. The second-order valence-corrected chi connectivity index (χ2v) is 12.1. The smallest absolute Gasteiger partial charge is 0.173 e. The van der Waals surface area contributed by atoms with E-state index in [0.717, 1.165) is 23.3 Å². The molecule has 5 heteroatoms. The molecule has 0 amide bonds. The maximum Gasteiger partial charge on any atom is 0.173 e. The predicted molar refractivity (Wildman–Crippen MR) is 101 cm³/mol. The fourth-order valence-electron chi connectivity index (χ4n) is 1.82. The van der Waals surface area contributed by atoms with Crippen LogP contribution in [0.3, 0.4) is 0 Å². The van der Waals surface area contributed by atoms with Crippen molar-refractivity contribution in [2.24, 2.45) is 5.10 Å². The van der Waals surface area contributed by atoms with Crippen molar-refractivity contribution in [2.75, 3.05) is 14.2 Å². The lowest BCUT2D eigenvalue weighted by molar-refractivity contribution is 0.354. The summed E-state index contributed by atoms with van der Waals surface area (Å²) >= 11 is 0. The van der Waals surface area contributed by atoms with Gasteiger partial charge in [-0.25, -0.2) is 0 Å². The second kappa shape index (κ2) is 7.68. The highest BCUT2D eigenvalue weighted by Gasteiger charge is 2.35. The first-order valence-electron chi connectivity index (χ1n) is 7.82. The van der Waals surface area contributed by atoms with Gasteiger partial charge in [0.25, 0.3) is 0 Å². The maximum absolute atomic E-state index is 5.39. The van der Waals surface area contributed by atoms with E-state index < -0.39 is 8.24 Å². The maximum atomic E-state index is 5.39. The van der Waals surface area contributed by atoms with Crippen LogP contribution < -0.4 is 14.6 Å². The largest absolute Gasteiger partial charge is 0.493 e. The number of rotatable bonds is 7. The number of nitrogens with zero attached hydrogens (tertiary/aromatic N) is 1. The van der Waals surface area contributed by atoms with E-state index in [9.17, 15) is 0 Å². The summed E-state index contributed by atoms with van der Waals surface area (Å²) in [5.74, 6) is 1.42. The van der Waals surface area contributed by atoms with Crippen molar-refractivity contribution in [3.05, 3.63) is 35.9 Å². The molecule has 0 aliphatic carbocycles. The van der Waals surface area contributed by atoms with Gasteiger partial charge in [0, 0.05) is 5.56 Å². The zero-order valence-electron chi connectivity index (χ0n) is 15.5. The van der Waals surface area contributed by atoms with Crippen molar-refractivity contribution in [1.29, 1.82) is 0 Å². The molecule has 0 aromatic heterocycles. The van der Waals surface area contributed by atoms with Gasteiger partial charge in [-0.15, -0.1) is 6.58 Å². The zero-order valence-corrected chi connectivity index (χ0v) is 16.5. The van der Waals surface area contributed by atoms with Gasteiger partial charge in [0.05, 0.1) is 20.4 Å². The van der Waals surface area contributed by atoms with Crippen molar-refractivity contribution in [2.45, 2.75) is 45.3 Å². The zero-order chi connectivity index (χ0) is 17.7. The van der Waals surface area contributed by atoms with Crippen LogP contribution in [0.15, 0.2) is 29.9 Å². The van der Waals surface area contributed by atoms with Gasteiger partial charge in [-0.3, -0.25) is 0 Å². The van der Waals surface area contributed by atoms with Crippen molar-refractivity contribution in [3.63, 3.8) is 0 Å². The van der Waals surface area contributed by atoms with Gasteiger partial charge in [-0.1, -0.05) is 26.8 Å². The Bertz CT molecular complexity index is 575. The molecule has 4 nitrogen and oxygen atoms in total. The average Bonchev–Trinajstić information content (AvgIpc) is 2.47. The fraction of sp³-hybridized carbons (Fsp3) is 0.500. The third-order valence-electron chi connectivity index (χ3n) is 4.43. The number of ether oxygens (including phenoxy) is 2. The Morgan fingerprint density at radius 2 is 1.74 bits per heavy atom. The molecule has 0 atom stereocenters. The van der Waals surface area contributed by atoms with E-state index >= 15 is 0 Å². The van der Waals surface area contributed by atoms with Gasteiger partial charge >= 0.3 is 0 Å². The molecule has 0 spiro atoms. The van der Waals surface area contributed by atoms with Crippen molar-refractivity contribution >= 4 is 14.5 Å². The van der Waals surface area contributed by atoms with Crippen molar-refractivity contribution in [1.82, 2.24) is 5.09 Å². The highest BCUT2D eigenvalue weighted by Crippen LogP contribution is 2.34. The molecule has 1 N–H and O–H groups in total. The van der Waals surface area contributed by atoms with Gasteiger partial charge in [0.15, 0.2) is 19.7 Å². The fourth-order valence-corrected chi connectivity index (χ4v) is 2.54. The molecule has 0 unspecified atom stereocenters. The van der Waals surface area contributed by atoms with E-state index in [1.807, 2.05) is 24.4 Å². The number of hydrazone groups is 1. The number of nitrogens with one attached hydrogen (secondary N) is 1. The third kappa shape index (κ3) is 4.86. The van der Waals surface area contributed by atoms with E-state index in [0.29, 0.717) is 5.75 Å². The number of hydrogen-bond donors (Lipinski definition) is 1. The van der Waals surface area contributed by atoms with Gasteiger partial charge in [-0.2, -0.15) is 5.10 Å². The molecular formula is C18H30N2O2Si. The van der Waals surface area contributed by atoms with Crippen LogP contribution in [0.1, 0.15) is 31.9 Å². The van der Waals surface area contributed by atoms with Crippen molar-refractivity contribution in [3.8, 4) is 11.5 Å². The highest BCUT2D eigenvalue weighted by molar-refractivity contribution is 6.77. The number of hydrogen-bond acceptors (Lipinski definition) is 4. The van der Waals surface area contributed by atoms with Crippen LogP contribution in [-0.2, 0) is 6.42 Å². The minimum absolute atomic E-state index is 0.228. The van der Waals surface area contributed by atoms with Crippen LogP contribution in [0.4, 0.5) is 0 Å². The molecule has 0 fully saturated rings.